The van der Waals surface area contributed by atoms with Crippen molar-refractivity contribution < 1.29 is 8.91 Å². The Balaban J connectivity index is 2.38. The highest BCUT2D eigenvalue weighted by atomic mass is 79.9. The van der Waals surface area contributed by atoms with Crippen LogP contribution < -0.4 is 0 Å². The van der Waals surface area contributed by atoms with Crippen LogP contribution in [0.5, 0.6) is 0 Å². The highest BCUT2D eigenvalue weighted by Crippen LogP contribution is 2.26. The molecule has 0 N–H and O–H groups in total. The number of hydrogen-bond donors (Lipinski definition) is 0. The predicted octanol–water partition coefficient (Wildman–Crippen LogP) is 3.42. The van der Waals surface area contributed by atoms with E-state index >= 15 is 0 Å². The van der Waals surface area contributed by atoms with Crippen LogP contribution in [0.3, 0.4) is 0 Å². The number of nitrogens with zero attached hydrogens (tertiary/aromatic N) is 2. The Kier molecular flexibility index (Phi) is 3.56. The molecule has 2 rings (SSSR count). The molecular formula is C10H7BrClFN2O. The van der Waals surface area contributed by atoms with Gasteiger partial charge >= 0.3 is 0 Å². The highest BCUT2D eigenvalue weighted by Gasteiger charge is 2.12. The summed E-state index contributed by atoms with van der Waals surface area (Å²) in [5.74, 6) is 0.862. The first kappa shape index (κ1) is 11.5. The summed E-state index contributed by atoms with van der Waals surface area (Å²) in [5, 5.41) is 3.77. The minimum Gasteiger partial charge on any atom is -0.339 e. The molecule has 3 nitrogen and oxygen atoms in total. The molecule has 0 radical (unpaired) electrons. The average molecular weight is 306 g/mol. The van der Waals surface area contributed by atoms with Gasteiger partial charge in [-0.15, -0.1) is 11.6 Å². The van der Waals surface area contributed by atoms with Gasteiger partial charge in [0.2, 0.25) is 11.7 Å². The van der Waals surface area contributed by atoms with Crippen molar-refractivity contribution >= 4 is 27.5 Å². The Morgan fingerprint density at radius 2 is 2.25 bits per heavy atom. The van der Waals surface area contributed by atoms with Crippen molar-refractivity contribution in [2.45, 2.75) is 6.42 Å². The second-order valence-electron chi connectivity index (χ2n) is 3.07. The molecule has 6 heteroatoms. The minimum absolute atomic E-state index is 0.345. The van der Waals surface area contributed by atoms with E-state index in [2.05, 4.69) is 26.1 Å². The fourth-order valence-corrected chi connectivity index (χ4v) is 1.80. The molecule has 16 heavy (non-hydrogen) atoms. The first-order chi connectivity index (χ1) is 7.70. The summed E-state index contributed by atoms with van der Waals surface area (Å²) in [6.45, 7) is 0. The van der Waals surface area contributed by atoms with Crippen LogP contribution in [0.4, 0.5) is 4.39 Å². The number of aryl methyl sites for hydroxylation is 1. The molecule has 0 spiro atoms. The van der Waals surface area contributed by atoms with E-state index in [0.717, 1.165) is 0 Å². The minimum atomic E-state index is -0.345. The topological polar surface area (TPSA) is 38.9 Å². The number of benzene rings is 1. The zero-order valence-electron chi connectivity index (χ0n) is 8.08. The van der Waals surface area contributed by atoms with Crippen LogP contribution in [0.1, 0.15) is 5.89 Å². The van der Waals surface area contributed by atoms with Crippen LogP contribution in [0, 0.1) is 5.82 Å². The molecule has 0 aliphatic heterocycles. The summed E-state index contributed by atoms with van der Waals surface area (Å²) < 4.78 is 18.7. The molecule has 1 aromatic heterocycles. The second kappa shape index (κ2) is 4.93. The smallest absolute Gasteiger partial charge is 0.228 e. The van der Waals surface area contributed by atoms with Crippen LogP contribution in [0.25, 0.3) is 11.4 Å². The standard InChI is InChI=1S/C10H7BrClFN2O/c11-8-2-1-6(13)5-7(8)10-14-9(3-4-12)16-15-10/h1-2,5H,3-4H2. The number of rotatable bonds is 3. The van der Waals surface area contributed by atoms with Gasteiger partial charge in [0.25, 0.3) is 0 Å². The quantitative estimate of drug-likeness (QED) is 0.816. The molecule has 0 aliphatic rings. The third-order valence-electron chi connectivity index (χ3n) is 1.95. The lowest BCUT2D eigenvalue weighted by Gasteiger charge is -1.98. The summed E-state index contributed by atoms with van der Waals surface area (Å²) in [6.07, 6.45) is 0.501. The Morgan fingerprint density at radius 3 is 3.00 bits per heavy atom. The maximum Gasteiger partial charge on any atom is 0.228 e. The van der Waals surface area contributed by atoms with Crippen LogP contribution in [-0.2, 0) is 6.42 Å². The van der Waals surface area contributed by atoms with Crippen molar-refractivity contribution in [2.24, 2.45) is 0 Å². The van der Waals surface area contributed by atoms with E-state index in [0.29, 0.717) is 34.1 Å². The van der Waals surface area contributed by atoms with Crippen molar-refractivity contribution in [3.63, 3.8) is 0 Å². The van der Waals surface area contributed by atoms with E-state index < -0.39 is 0 Å². The predicted molar refractivity (Wildman–Crippen MR) is 61.8 cm³/mol. The van der Waals surface area contributed by atoms with Gasteiger partial charge in [-0.05, 0) is 18.2 Å². The number of aromatic nitrogens is 2. The van der Waals surface area contributed by atoms with Crippen molar-refractivity contribution in [2.75, 3.05) is 5.88 Å². The van der Waals surface area contributed by atoms with Gasteiger partial charge in [-0.3, -0.25) is 0 Å². The van der Waals surface area contributed by atoms with Crippen LogP contribution in [-0.4, -0.2) is 16.0 Å². The number of hydrogen-bond acceptors (Lipinski definition) is 3. The Bertz CT molecular complexity index is 503. The number of alkyl halides is 1. The molecule has 84 valence electrons. The normalized spacial score (nSPS) is 10.7. The van der Waals surface area contributed by atoms with Gasteiger partial charge in [0.05, 0.1) is 0 Å². The van der Waals surface area contributed by atoms with E-state index in [9.17, 15) is 4.39 Å². The summed E-state index contributed by atoms with van der Waals surface area (Å²) in [5.41, 5.74) is 0.560. The molecule has 2 aromatic rings. The van der Waals surface area contributed by atoms with Crippen LogP contribution >= 0.6 is 27.5 Å². The van der Waals surface area contributed by atoms with Crippen molar-refractivity contribution in [3.8, 4) is 11.4 Å². The van der Waals surface area contributed by atoms with Gasteiger partial charge < -0.3 is 4.52 Å². The largest absolute Gasteiger partial charge is 0.339 e. The van der Waals surface area contributed by atoms with Crippen molar-refractivity contribution in [1.29, 1.82) is 0 Å². The first-order valence-electron chi connectivity index (χ1n) is 4.54. The molecule has 1 aromatic carbocycles. The molecule has 0 fully saturated rings. The molecule has 0 aliphatic carbocycles. The summed E-state index contributed by atoms with van der Waals surface area (Å²) in [7, 11) is 0. The number of halogens is 3. The molecule has 0 unspecified atom stereocenters. The zero-order valence-corrected chi connectivity index (χ0v) is 10.4. The molecule has 0 saturated heterocycles. The van der Waals surface area contributed by atoms with Crippen molar-refractivity contribution in [1.82, 2.24) is 10.1 Å². The molecule has 0 saturated carbocycles. The van der Waals surface area contributed by atoms with E-state index in [1.165, 1.54) is 12.1 Å². The molecule has 0 amide bonds. The van der Waals surface area contributed by atoms with Gasteiger partial charge in [-0.2, -0.15) is 4.98 Å². The van der Waals surface area contributed by atoms with E-state index in [-0.39, 0.29) is 5.82 Å². The Hall–Kier alpha value is -0.940. The van der Waals surface area contributed by atoms with Crippen molar-refractivity contribution in [3.05, 3.63) is 34.4 Å². The summed E-state index contributed by atoms with van der Waals surface area (Å²) in [4.78, 5) is 4.11. The lowest BCUT2D eigenvalue weighted by atomic mass is 10.2. The highest BCUT2D eigenvalue weighted by molar-refractivity contribution is 9.10. The maximum atomic E-state index is 13.1. The zero-order chi connectivity index (χ0) is 11.5. The Morgan fingerprint density at radius 1 is 1.44 bits per heavy atom. The lowest BCUT2D eigenvalue weighted by molar-refractivity contribution is 0.383. The van der Waals surface area contributed by atoms with Gasteiger partial charge in [-0.25, -0.2) is 4.39 Å². The fraction of sp³-hybridized carbons (Fsp3) is 0.200. The third kappa shape index (κ3) is 2.41. The summed E-state index contributed by atoms with van der Waals surface area (Å²) in [6, 6.07) is 4.30. The van der Waals surface area contributed by atoms with Gasteiger partial charge in [0.15, 0.2) is 0 Å². The SMILES string of the molecule is Fc1ccc(Br)c(-c2noc(CCCl)n2)c1. The van der Waals surface area contributed by atoms with Crippen LogP contribution in [0.15, 0.2) is 27.2 Å². The maximum absolute atomic E-state index is 13.1. The third-order valence-corrected chi connectivity index (χ3v) is 2.83. The monoisotopic (exact) mass is 304 g/mol. The van der Waals surface area contributed by atoms with E-state index in [1.807, 2.05) is 0 Å². The molecule has 0 bridgehead atoms. The Labute approximate surface area is 105 Å². The van der Waals surface area contributed by atoms with E-state index in [1.54, 1.807) is 6.07 Å². The van der Waals surface area contributed by atoms with Gasteiger partial charge in [0, 0.05) is 22.3 Å². The van der Waals surface area contributed by atoms with Crippen LogP contribution in [0.2, 0.25) is 0 Å². The van der Waals surface area contributed by atoms with Gasteiger partial charge in [-0.1, -0.05) is 21.1 Å². The summed E-state index contributed by atoms with van der Waals surface area (Å²) >= 11 is 8.85. The second-order valence-corrected chi connectivity index (χ2v) is 4.31. The average Bonchev–Trinajstić information content (AvgIpc) is 2.71. The lowest BCUT2D eigenvalue weighted by Crippen LogP contribution is -1.87. The van der Waals surface area contributed by atoms with E-state index in [4.69, 9.17) is 16.1 Å². The fourth-order valence-electron chi connectivity index (χ4n) is 1.22. The van der Waals surface area contributed by atoms with Gasteiger partial charge in [0.1, 0.15) is 5.82 Å². The first-order valence-corrected chi connectivity index (χ1v) is 5.87. The molecule has 1 heterocycles. The molecule has 0 atom stereocenters. The molecular weight excluding hydrogens is 298 g/mol.